The summed E-state index contributed by atoms with van der Waals surface area (Å²) < 4.78 is 0. The smallest absolute Gasteiger partial charge is 0.227 e. The number of hydrogen-bond donors (Lipinski definition) is 1. The van der Waals surface area contributed by atoms with Crippen LogP contribution in [0.4, 0.5) is 5.69 Å². The molecule has 2 aliphatic heterocycles. The fourth-order valence-electron chi connectivity index (χ4n) is 3.87. The lowest BCUT2D eigenvalue weighted by Crippen LogP contribution is -2.72. The Morgan fingerprint density at radius 2 is 1.96 bits per heavy atom. The van der Waals surface area contributed by atoms with Gasteiger partial charge in [-0.05, 0) is 38.3 Å². The maximum Gasteiger partial charge on any atom is 0.227 e. The lowest BCUT2D eigenvalue weighted by Gasteiger charge is -2.62. The molecule has 0 radical (unpaired) electrons. The Balaban J connectivity index is 1.46. The quantitative estimate of drug-likeness (QED) is 0.512. The van der Waals surface area contributed by atoms with Crippen LogP contribution in [0.3, 0.4) is 0 Å². The third-order valence-electron chi connectivity index (χ3n) is 6.39. The minimum Gasteiger partial charge on any atom is -0.356 e. The van der Waals surface area contributed by atoms with Gasteiger partial charge in [0.1, 0.15) is 0 Å². The number of amides is 1. The first-order valence-electron chi connectivity index (χ1n) is 9.64. The third kappa shape index (κ3) is 3.19. The Morgan fingerprint density at radius 3 is 2.62 bits per heavy atom. The van der Waals surface area contributed by atoms with Crippen molar-refractivity contribution in [3.8, 4) is 0 Å². The van der Waals surface area contributed by atoms with Crippen molar-refractivity contribution in [1.29, 1.82) is 0 Å². The molecule has 1 aromatic rings. The van der Waals surface area contributed by atoms with Gasteiger partial charge < -0.3 is 15.1 Å². The van der Waals surface area contributed by atoms with Crippen LogP contribution in [0, 0.1) is 5.41 Å². The maximum absolute atomic E-state index is 12.6. The summed E-state index contributed by atoms with van der Waals surface area (Å²) in [4.78, 5) is 21.3. The SMILES string of the molecule is CN=C(NCCCC(=O)N1CCc2ccccc21)N1CC(C)(C)C1(C)C. The van der Waals surface area contributed by atoms with Gasteiger partial charge in [0.05, 0.1) is 0 Å². The van der Waals surface area contributed by atoms with Gasteiger partial charge in [0.25, 0.3) is 0 Å². The largest absolute Gasteiger partial charge is 0.356 e. The van der Waals surface area contributed by atoms with Crippen molar-refractivity contribution < 1.29 is 4.79 Å². The summed E-state index contributed by atoms with van der Waals surface area (Å²) in [6, 6.07) is 8.21. The van der Waals surface area contributed by atoms with Crippen LogP contribution < -0.4 is 10.2 Å². The Hall–Kier alpha value is -2.04. The van der Waals surface area contributed by atoms with Crippen molar-refractivity contribution >= 4 is 17.6 Å². The van der Waals surface area contributed by atoms with E-state index in [0.29, 0.717) is 6.42 Å². The lowest BCUT2D eigenvalue weighted by molar-refractivity contribution is -0.118. The van der Waals surface area contributed by atoms with Gasteiger partial charge in [-0.25, -0.2) is 0 Å². The monoisotopic (exact) mass is 356 g/mol. The number of nitrogens with zero attached hydrogens (tertiary/aromatic N) is 3. The van der Waals surface area contributed by atoms with Crippen LogP contribution >= 0.6 is 0 Å². The second kappa shape index (κ2) is 6.93. The van der Waals surface area contributed by atoms with Crippen LogP contribution in [0.1, 0.15) is 46.1 Å². The molecule has 0 aliphatic carbocycles. The molecular weight excluding hydrogens is 324 g/mol. The second-order valence-corrected chi connectivity index (χ2v) is 8.53. The molecule has 0 spiro atoms. The number of anilines is 1. The third-order valence-corrected chi connectivity index (χ3v) is 6.39. The number of likely N-dealkylation sites (tertiary alicyclic amines) is 1. The summed E-state index contributed by atoms with van der Waals surface area (Å²) >= 11 is 0. The first kappa shape index (κ1) is 18.7. The highest BCUT2D eigenvalue weighted by atomic mass is 16.2. The molecule has 1 N–H and O–H groups in total. The topological polar surface area (TPSA) is 47.9 Å². The van der Waals surface area contributed by atoms with Crippen molar-refractivity contribution in [1.82, 2.24) is 10.2 Å². The second-order valence-electron chi connectivity index (χ2n) is 8.53. The van der Waals surface area contributed by atoms with Gasteiger partial charge in [-0.1, -0.05) is 32.0 Å². The number of rotatable bonds is 4. The summed E-state index contributed by atoms with van der Waals surface area (Å²) in [6.45, 7) is 11.7. The van der Waals surface area contributed by atoms with E-state index in [4.69, 9.17) is 0 Å². The van der Waals surface area contributed by atoms with E-state index in [1.165, 1.54) is 5.56 Å². The van der Waals surface area contributed by atoms with Gasteiger partial charge in [0, 0.05) is 49.7 Å². The molecular formula is C21H32N4O. The Kier molecular flexibility index (Phi) is 5.00. The lowest BCUT2D eigenvalue weighted by atomic mass is 9.65. The number of benzene rings is 1. The van der Waals surface area contributed by atoms with E-state index < -0.39 is 0 Å². The zero-order valence-electron chi connectivity index (χ0n) is 16.8. The van der Waals surface area contributed by atoms with Crippen molar-refractivity contribution in [3.63, 3.8) is 0 Å². The minimum atomic E-state index is 0.0872. The van der Waals surface area contributed by atoms with Gasteiger partial charge in [-0.3, -0.25) is 9.79 Å². The molecule has 1 aromatic carbocycles. The number of guanidine groups is 1. The van der Waals surface area contributed by atoms with E-state index in [0.717, 1.165) is 44.1 Å². The van der Waals surface area contributed by atoms with E-state index in [2.05, 4.69) is 49.0 Å². The normalized spacial score (nSPS) is 20.6. The van der Waals surface area contributed by atoms with Crippen LogP contribution in [-0.2, 0) is 11.2 Å². The molecule has 1 amide bonds. The highest BCUT2D eigenvalue weighted by Gasteiger charge is 2.53. The summed E-state index contributed by atoms with van der Waals surface area (Å²) in [5, 5.41) is 3.44. The van der Waals surface area contributed by atoms with E-state index in [-0.39, 0.29) is 16.9 Å². The first-order chi connectivity index (χ1) is 12.3. The molecule has 1 saturated heterocycles. The first-order valence-corrected chi connectivity index (χ1v) is 9.64. The molecule has 1 fully saturated rings. The highest BCUT2D eigenvalue weighted by Crippen LogP contribution is 2.46. The van der Waals surface area contributed by atoms with Gasteiger partial charge >= 0.3 is 0 Å². The fourth-order valence-corrected chi connectivity index (χ4v) is 3.87. The Morgan fingerprint density at radius 1 is 1.23 bits per heavy atom. The fraction of sp³-hybridized carbons (Fsp3) is 0.619. The van der Waals surface area contributed by atoms with Crippen molar-refractivity contribution in [2.45, 2.75) is 52.5 Å². The summed E-state index contributed by atoms with van der Waals surface area (Å²) in [5.74, 6) is 1.16. The van der Waals surface area contributed by atoms with Gasteiger partial charge in [-0.2, -0.15) is 0 Å². The number of aliphatic imine (C=N–C) groups is 1. The number of para-hydroxylation sites is 1. The average Bonchev–Trinajstić information content (AvgIpc) is 3.04. The van der Waals surface area contributed by atoms with Gasteiger partial charge in [0.15, 0.2) is 5.96 Å². The van der Waals surface area contributed by atoms with Crippen LogP contribution in [0.15, 0.2) is 29.3 Å². The van der Waals surface area contributed by atoms with Crippen LogP contribution in [0.2, 0.25) is 0 Å². The van der Waals surface area contributed by atoms with Crippen molar-refractivity contribution in [3.05, 3.63) is 29.8 Å². The van der Waals surface area contributed by atoms with Gasteiger partial charge in [-0.15, -0.1) is 0 Å². The van der Waals surface area contributed by atoms with Crippen molar-refractivity contribution in [2.24, 2.45) is 10.4 Å². The van der Waals surface area contributed by atoms with E-state index in [9.17, 15) is 4.79 Å². The Labute approximate surface area is 157 Å². The molecule has 0 atom stereocenters. The predicted molar refractivity (Wildman–Crippen MR) is 108 cm³/mol. The Bertz CT molecular complexity index is 708. The number of carbonyl (C=O) groups excluding carboxylic acids is 1. The van der Waals surface area contributed by atoms with Crippen LogP contribution in [0.5, 0.6) is 0 Å². The number of fused-ring (bicyclic) bond motifs is 1. The summed E-state index contributed by atoms with van der Waals surface area (Å²) in [7, 11) is 1.83. The standard InChI is InChI=1S/C21H32N4O/c1-20(2)15-25(21(20,3)4)19(22-5)23-13-8-11-18(26)24-14-12-16-9-6-7-10-17(16)24/h6-7,9-10H,8,11-15H2,1-5H3,(H,22,23). The molecule has 0 bridgehead atoms. The van der Waals surface area contributed by atoms with Gasteiger partial charge in [0.2, 0.25) is 5.91 Å². The molecule has 5 heteroatoms. The van der Waals surface area contributed by atoms with E-state index >= 15 is 0 Å². The molecule has 5 nitrogen and oxygen atoms in total. The molecule has 3 rings (SSSR count). The average molecular weight is 357 g/mol. The van der Waals surface area contributed by atoms with Crippen molar-refractivity contribution in [2.75, 3.05) is 31.6 Å². The number of hydrogen-bond acceptors (Lipinski definition) is 2. The maximum atomic E-state index is 12.6. The highest BCUT2D eigenvalue weighted by molar-refractivity contribution is 5.95. The van der Waals surface area contributed by atoms with E-state index in [1.54, 1.807) is 0 Å². The molecule has 26 heavy (non-hydrogen) atoms. The summed E-state index contributed by atoms with van der Waals surface area (Å²) in [6.07, 6.45) is 2.34. The molecule has 0 aromatic heterocycles. The zero-order valence-corrected chi connectivity index (χ0v) is 16.8. The molecule has 2 heterocycles. The van der Waals surface area contributed by atoms with E-state index in [1.807, 2.05) is 30.1 Å². The van der Waals surface area contributed by atoms with Crippen LogP contribution in [0.25, 0.3) is 0 Å². The predicted octanol–water partition coefficient (Wildman–Crippen LogP) is 3.05. The van der Waals surface area contributed by atoms with Crippen LogP contribution in [-0.4, -0.2) is 49.0 Å². The molecule has 2 aliphatic rings. The molecule has 142 valence electrons. The number of nitrogens with one attached hydrogen (secondary N) is 1. The summed E-state index contributed by atoms with van der Waals surface area (Å²) in [5.41, 5.74) is 2.74. The minimum absolute atomic E-state index is 0.0872. The molecule has 0 saturated carbocycles. The number of carbonyl (C=O) groups is 1. The molecule has 0 unspecified atom stereocenters. The zero-order chi connectivity index (χ0) is 18.9.